The Morgan fingerprint density at radius 1 is 1.41 bits per heavy atom. The summed E-state index contributed by atoms with van der Waals surface area (Å²) in [7, 11) is 0. The Morgan fingerprint density at radius 2 is 2.18 bits per heavy atom. The highest BCUT2D eigenvalue weighted by Gasteiger charge is 2.00. The molecule has 2 nitrogen and oxygen atoms in total. The number of hydrogen-bond donors (Lipinski definition) is 2. The Kier molecular flexibility index (Phi) is 6.56. The van der Waals surface area contributed by atoms with Crippen molar-refractivity contribution in [2.24, 2.45) is 5.92 Å². The number of halogens is 1. The number of aryl methyl sites for hydroxylation is 1. The average Bonchev–Trinajstić information content (AvgIpc) is 2.30. The van der Waals surface area contributed by atoms with E-state index in [0.29, 0.717) is 5.92 Å². The van der Waals surface area contributed by atoms with E-state index in [0.717, 1.165) is 31.0 Å². The molecule has 1 aromatic rings. The van der Waals surface area contributed by atoms with E-state index in [-0.39, 0.29) is 6.61 Å². The highest BCUT2D eigenvalue weighted by molar-refractivity contribution is 6.30. The molecule has 0 aromatic heterocycles. The van der Waals surface area contributed by atoms with Crippen molar-refractivity contribution in [1.29, 1.82) is 0 Å². The van der Waals surface area contributed by atoms with Gasteiger partial charge in [-0.25, -0.2) is 0 Å². The van der Waals surface area contributed by atoms with Crippen LogP contribution in [0.4, 0.5) is 0 Å². The summed E-state index contributed by atoms with van der Waals surface area (Å²) < 4.78 is 0. The van der Waals surface area contributed by atoms with Crippen molar-refractivity contribution in [2.75, 3.05) is 13.2 Å². The van der Waals surface area contributed by atoms with Gasteiger partial charge < -0.3 is 10.4 Å². The summed E-state index contributed by atoms with van der Waals surface area (Å²) in [6.07, 6.45) is 2.18. The van der Waals surface area contributed by atoms with E-state index in [4.69, 9.17) is 16.7 Å². The maximum Gasteiger partial charge on any atom is 0.0456 e. The fourth-order valence-corrected chi connectivity index (χ4v) is 1.97. The highest BCUT2D eigenvalue weighted by Crippen LogP contribution is 2.14. The molecule has 0 saturated carbocycles. The van der Waals surface area contributed by atoms with Crippen LogP contribution in [0.1, 0.15) is 30.9 Å². The first-order valence-corrected chi connectivity index (χ1v) is 6.58. The predicted molar refractivity (Wildman–Crippen MR) is 73.4 cm³/mol. The number of benzene rings is 1. The molecular formula is C14H22ClNO. The Bertz CT molecular complexity index is 341. The van der Waals surface area contributed by atoms with Crippen LogP contribution in [0.3, 0.4) is 0 Å². The molecule has 17 heavy (non-hydrogen) atoms. The van der Waals surface area contributed by atoms with Crippen LogP contribution in [0.5, 0.6) is 0 Å². The summed E-state index contributed by atoms with van der Waals surface area (Å²) in [4.78, 5) is 0. The van der Waals surface area contributed by atoms with Gasteiger partial charge in [-0.1, -0.05) is 24.6 Å². The Balaban J connectivity index is 2.22. The molecule has 3 heteroatoms. The molecule has 0 radical (unpaired) electrons. The van der Waals surface area contributed by atoms with Crippen molar-refractivity contribution in [3.05, 3.63) is 34.3 Å². The van der Waals surface area contributed by atoms with Crippen molar-refractivity contribution < 1.29 is 5.11 Å². The van der Waals surface area contributed by atoms with Crippen LogP contribution in [0.2, 0.25) is 5.02 Å². The third-order valence-electron chi connectivity index (χ3n) is 2.98. The molecule has 1 unspecified atom stereocenters. The smallest absolute Gasteiger partial charge is 0.0456 e. The molecule has 0 bridgehead atoms. The van der Waals surface area contributed by atoms with Crippen LogP contribution in [-0.4, -0.2) is 18.3 Å². The van der Waals surface area contributed by atoms with Gasteiger partial charge in [-0.15, -0.1) is 0 Å². The normalized spacial score (nSPS) is 12.7. The Hall–Kier alpha value is -0.570. The molecule has 0 aliphatic carbocycles. The largest absolute Gasteiger partial charge is 0.396 e. The van der Waals surface area contributed by atoms with E-state index in [9.17, 15) is 0 Å². The number of hydrogen-bond acceptors (Lipinski definition) is 2. The fourth-order valence-electron chi connectivity index (χ4n) is 1.75. The zero-order valence-corrected chi connectivity index (χ0v) is 11.4. The maximum atomic E-state index is 8.90. The lowest BCUT2D eigenvalue weighted by atomic mass is 10.1. The molecule has 0 aliphatic heterocycles. The summed E-state index contributed by atoms with van der Waals surface area (Å²) in [6, 6.07) is 5.99. The van der Waals surface area contributed by atoms with Crippen LogP contribution in [0.25, 0.3) is 0 Å². The molecule has 0 aliphatic rings. The fraction of sp³-hybridized carbons (Fsp3) is 0.571. The third-order valence-corrected chi connectivity index (χ3v) is 3.22. The number of aliphatic hydroxyl groups is 1. The molecule has 1 atom stereocenters. The van der Waals surface area contributed by atoms with E-state index in [2.05, 4.69) is 25.2 Å². The second-order valence-electron chi connectivity index (χ2n) is 4.68. The molecular weight excluding hydrogens is 234 g/mol. The monoisotopic (exact) mass is 255 g/mol. The van der Waals surface area contributed by atoms with E-state index < -0.39 is 0 Å². The lowest BCUT2D eigenvalue weighted by molar-refractivity contribution is 0.228. The lowest BCUT2D eigenvalue weighted by Crippen LogP contribution is -2.16. The van der Waals surface area contributed by atoms with Gasteiger partial charge >= 0.3 is 0 Å². The van der Waals surface area contributed by atoms with E-state index in [1.807, 2.05) is 12.1 Å². The van der Waals surface area contributed by atoms with Crippen LogP contribution in [0, 0.1) is 12.8 Å². The predicted octanol–water partition coefficient (Wildman–Crippen LogP) is 3.15. The van der Waals surface area contributed by atoms with Crippen molar-refractivity contribution in [1.82, 2.24) is 5.32 Å². The molecule has 0 heterocycles. The third kappa shape index (κ3) is 5.53. The van der Waals surface area contributed by atoms with Gasteiger partial charge in [-0.2, -0.15) is 0 Å². The second-order valence-corrected chi connectivity index (χ2v) is 5.11. The highest BCUT2D eigenvalue weighted by atomic mass is 35.5. The minimum absolute atomic E-state index is 0.288. The molecule has 0 fully saturated rings. The van der Waals surface area contributed by atoms with Crippen LogP contribution in [-0.2, 0) is 6.54 Å². The molecule has 0 spiro atoms. The summed E-state index contributed by atoms with van der Waals surface area (Å²) in [5, 5.41) is 13.1. The summed E-state index contributed by atoms with van der Waals surface area (Å²) in [6.45, 7) is 6.32. The number of aliphatic hydroxyl groups excluding tert-OH is 1. The Morgan fingerprint density at radius 3 is 2.82 bits per heavy atom. The molecule has 2 N–H and O–H groups in total. The van der Waals surface area contributed by atoms with Crippen LogP contribution in [0.15, 0.2) is 18.2 Å². The van der Waals surface area contributed by atoms with E-state index in [1.165, 1.54) is 11.1 Å². The summed E-state index contributed by atoms with van der Waals surface area (Å²) >= 11 is 5.91. The first-order valence-electron chi connectivity index (χ1n) is 6.20. The van der Waals surface area contributed by atoms with Gasteiger partial charge in [-0.05, 0) is 55.5 Å². The zero-order chi connectivity index (χ0) is 12.7. The van der Waals surface area contributed by atoms with Gasteiger partial charge in [0.25, 0.3) is 0 Å². The number of nitrogens with one attached hydrogen (secondary N) is 1. The van der Waals surface area contributed by atoms with Crippen LogP contribution < -0.4 is 5.32 Å². The van der Waals surface area contributed by atoms with Gasteiger partial charge in [0, 0.05) is 18.2 Å². The molecule has 96 valence electrons. The topological polar surface area (TPSA) is 32.3 Å². The molecule has 0 amide bonds. The maximum absolute atomic E-state index is 8.90. The van der Waals surface area contributed by atoms with Gasteiger partial charge in [-0.3, -0.25) is 0 Å². The molecule has 1 rings (SSSR count). The van der Waals surface area contributed by atoms with Gasteiger partial charge in [0.2, 0.25) is 0 Å². The quantitative estimate of drug-likeness (QED) is 0.734. The average molecular weight is 256 g/mol. The van der Waals surface area contributed by atoms with Gasteiger partial charge in [0.1, 0.15) is 0 Å². The van der Waals surface area contributed by atoms with Gasteiger partial charge in [0.15, 0.2) is 0 Å². The van der Waals surface area contributed by atoms with E-state index >= 15 is 0 Å². The van der Waals surface area contributed by atoms with Crippen molar-refractivity contribution in [2.45, 2.75) is 33.2 Å². The SMILES string of the molecule is Cc1cc(Cl)ccc1CNCCCC(C)CO. The Labute approximate surface area is 109 Å². The van der Waals surface area contributed by atoms with E-state index in [1.54, 1.807) is 0 Å². The molecule has 0 saturated heterocycles. The first kappa shape index (κ1) is 14.5. The summed E-state index contributed by atoms with van der Waals surface area (Å²) in [5.41, 5.74) is 2.53. The minimum Gasteiger partial charge on any atom is -0.396 e. The second kappa shape index (κ2) is 7.70. The standard InChI is InChI=1S/C14H22ClNO/c1-11(10-17)4-3-7-16-9-13-5-6-14(15)8-12(13)2/h5-6,8,11,16-17H,3-4,7,9-10H2,1-2H3. The number of rotatable bonds is 7. The first-order chi connectivity index (χ1) is 8.13. The van der Waals surface area contributed by atoms with Crippen molar-refractivity contribution in [3.8, 4) is 0 Å². The van der Waals surface area contributed by atoms with Crippen LogP contribution >= 0.6 is 11.6 Å². The minimum atomic E-state index is 0.288. The van der Waals surface area contributed by atoms with Crippen molar-refractivity contribution in [3.63, 3.8) is 0 Å². The zero-order valence-electron chi connectivity index (χ0n) is 10.7. The van der Waals surface area contributed by atoms with Crippen molar-refractivity contribution >= 4 is 11.6 Å². The lowest BCUT2D eigenvalue weighted by Gasteiger charge is -2.10. The van der Waals surface area contributed by atoms with Gasteiger partial charge in [0.05, 0.1) is 0 Å². The molecule has 1 aromatic carbocycles. The summed E-state index contributed by atoms with van der Waals surface area (Å²) in [5.74, 6) is 0.411.